The molecule has 0 aromatic carbocycles. The average Bonchev–Trinajstić information content (AvgIpc) is 2.23. The number of hydrogen-bond donors (Lipinski definition) is 2. The predicted molar refractivity (Wildman–Crippen MR) is 78.4 cm³/mol. The smallest absolute Gasteiger partial charge is 0.233 e. The van der Waals surface area contributed by atoms with Gasteiger partial charge in [-0.25, -0.2) is 0 Å². The highest BCUT2D eigenvalue weighted by atomic mass is 32.1. The topological polar surface area (TPSA) is 58.4 Å². The van der Waals surface area contributed by atoms with E-state index in [9.17, 15) is 4.79 Å². The van der Waals surface area contributed by atoms with Crippen molar-refractivity contribution in [1.29, 1.82) is 0 Å². The minimum absolute atomic E-state index is 0.00487. The lowest BCUT2D eigenvalue weighted by Gasteiger charge is -2.44. The Kier molecular flexibility index (Phi) is 5.10. The first-order valence-corrected chi connectivity index (χ1v) is 6.99. The number of nitrogens with one attached hydrogen (secondary N) is 1. The van der Waals surface area contributed by atoms with E-state index in [-0.39, 0.29) is 5.91 Å². The maximum absolute atomic E-state index is 12.2. The number of thiocarbonyl (C=S) groups is 1. The third-order valence-electron chi connectivity index (χ3n) is 3.93. The highest BCUT2D eigenvalue weighted by Gasteiger charge is 2.50. The van der Waals surface area contributed by atoms with Crippen LogP contribution in [-0.4, -0.2) is 42.0 Å². The van der Waals surface area contributed by atoms with Gasteiger partial charge in [0, 0.05) is 19.1 Å². The Hall–Kier alpha value is -0.680. The number of nitrogens with two attached hydrogens (primary N) is 1. The fourth-order valence-electron chi connectivity index (χ4n) is 2.40. The highest BCUT2D eigenvalue weighted by Crippen LogP contribution is 2.45. The molecule has 5 heteroatoms. The fraction of sp³-hybridized carbons (Fsp3) is 0.846. The molecule has 1 saturated carbocycles. The van der Waals surface area contributed by atoms with Gasteiger partial charge in [-0.15, -0.1) is 0 Å². The van der Waals surface area contributed by atoms with Crippen LogP contribution in [-0.2, 0) is 4.79 Å². The van der Waals surface area contributed by atoms with Gasteiger partial charge in [-0.05, 0) is 39.7 Å². The summed E-state index contributed by atoms with van der Waals surface area (Å²) >= 11 is 5.06. The Morgan fingerprint density at radius 3 is 2.50 bits per heavy atom. The summed E-state index contributed by atoms with van der Waals surface area (Å²) in [7, 11) is 2.05. The van der Waals surface area contributed by atoms with Gasteiger partial charge < -0.3 is 16.0 Å². The van der Waals surface area contributed by atoms with E-state index < -0.39 is 5.41 Å². The van der Waals surface area contributed by atoms with Gasteiger partial charge in [0.1, 0.15) is 0 Å². The van der Waals surface area contributed by atoms with Crippen molar-refractivity contribution >= 4 is 23.1 Å². The first kappa shape index (κ1) is 15.4. The normalized spacial score (nSPS) is 27.1. The number of carbonyl (C=O) groups excluding carboxylic acids is 1. The van der Waals surface area contributed by atoms with Crippen LogP contribution in [0.1, 0.15) is 33.6 Å². The van der Waals surface area contributed by atoms with Crippen molar-refractivity contribution in [3.05, 3.63) is 0 Å². The van der Waals surface area contributed by atoms with E-state index in [1.807, 2.05) is 7.05 Å². The Morgan fingerprint density at radius 2 is 2.11 bits per heavy atom. The van der Waals surface area contributed by atoms with E-state index in [2.05, 4.69) is 31.0 Å². The van der Waals surface area contributed by atoms with E-state index in [4.69, 9.17) is 18.0 Å². The molecule has 0 saturated heterocycles. The molecule has 4 nitrogen and oxygen atoms in total. The SMILES string of the molecule is CC1CC(C(=O)NCCN(C)C(C)C)(C(N)=S)C1. The quantitative estimate of drug-likeness (QED) is 0.712. The molecule has 0 heterocycles. The van der Waals surface area contributed by atoms with Crippen molar-refractivity contribution in [2.45, 2.75) is 39.7 Å². The van der Waals surface area contributed by atoms with Crippen LogP contribution >= 0.6 is 12.2 Å². The van der Waals surface area contributed by atoms with Crippen LogP contribution in [0.15, 0.2) is 0 Å². The zero-order chi connectivity index (χ0) is 13.9. The predicted octanol–water partition coefficient (Wildman–Crippen LogP) is 1.15. The number of rotatable bonds is 6. The number of likely N-dealkylation sites (N-methyl/N-ethyl adjacent to an activating group) is 1. The second-order valence-corrected chi connectivity index (χ2v) is 6.23. The van der Waals surface area contributed by atoms with Crippen molar-refractivity contribution in [1.82, 2.24) is 10.2 Å². The van der Waals surface area contributed by atoms with Gasteiger partial charge in [0.05, 0.1) is 10.4 Å². The summed E-state index contributed by atoms with van der Waals surface area (Å²) in [6.45, 7) is 7.87. The third kappa shape index (κ3) is 3.20. The first-order valence-electron chi connectivity index (χ1n) is 6.58. The maximum Gasteiger partial charge on any atom is 0.233 e. The van der Waals surface area contributed by atoms with E-state index in [0.29, 0.717) is 23.5 Å². The van der Waals surface area contributed by atoms with Gasteiger partial charge in [0.2, 0.25) is 5.91 Å². The van der Waals surface area contributed by atoms with Crippen molar-refractivity contribution in [3.63, 3.8) is 0 Å². The van der Waals surface area contributed by atoms with Crippen molar-refractivity contribution in [3.8, 4) is 0 Å². The monoisotopic (exact) mass is 271 g/mol. The molecule has 1 fully saturated rings. The zero-order valence-electron chi connectivity index (χ0n) is 11.8. The lowest BCUT2D eigenvalue weighted by atomic mass is 9.62. The summed E-state index contributed by atoms with van der Waals surface area (Å²) in [5.74, 6) is 0.542. The van der Waals surface area contributed by atoms with E-state index in [0.717, 1.165) is 19.4 Å². The molecule has 18 heavy (non-hydrogen) atoms. The molecule has 0 spiro atoms. The number of amides is 1. The van der Waals surface area contributed by atoms with Gasteiger partial charge in [-0.3, -0.25) is 4.79 Å². The molecule has 0 aliphatic heterocycles. The molecule has 0 atom stereocenters. The summed E-state index contributed by atoms with van der Waals surface area (Å²) in [5.41, 5.74) is 5.16. The molecule has 0 aromatic rings. The summed E-state index contributed by atoms with van der Waals surface area (Å²) in [5, 5.41) is 2.96. The van der Waals surface area contributed by atoms with E-state index in [1.165, 1.54) is 0 Å². The summed E-state index contributed by atoms with van der Waals surface area (Å²) in [6.07, 6.45) is 1.57. The largest absolute Gasteiger partial charge is 0.392 e. The molecule has 0 aromatic heterocycles. The van der Waals surface area contributed by atoms with Crippen LogP contribution in [0.5, 0.6) is 0 Å². The van der Waals surface area contributed by atoms with Crippen molar-refractivity contribution in [2.24, 2.45) is 17.1 Å². The third-order valence-corrected chi connectivity index (χ3v) is 4.32. The molecule has 1 rings (SSSR count). The lowest BCUT2D eigenvalue weighted by molar-refractivity contribution is -0.132. The van der Waals surface area contributed by atoms with Crippen LogP contribution in [0.3, 0.4) is 0 Å². The number of carbonyl (C=O) groups is 1. The van der Waals surface area contributed by atoms with Crippen LogP contribution in [0, 0.1) is 11.3 Å². The summed E-state index contributed by atoms with van der Waals surface area (Å²) < 4.78 is 0. The van der Waals surface area contributed by atoms with Crippen LogP contribution < -0.4 is 11.1 Å². The van der Waals surface area contributed by atoms with Crippen LogP contribution in [0.4, 0.5) is 0 Å². The van der Waals surface area contributed by atoms with Gasteiger partial charge >= 0.3 is 0 Å². The Labute approximate surface area is 115 Å². The Morgan fingerprint density at radius 1 is 1.56 bits per heavy atom. The molecule has 0 bridgehead atoms. The highest BCUT2D eigenvalue weighted by molar-refractivity contribution is 7.80. The molecule has 1 amide bonds. The number of hydrogen-bond acceptors (Lipinski definition) is 3. The molecule has 1 aliphatic carbocycles. The minimum atomic E-state index is -0.578. The van der Waals surface area contributed by atoms with Gasteiger partial charge in [0.15, 0.2) is 0 Å². The molecule has 104 valence electrons. The van der Waals surface area contributed by atoms with Gasteiger partial charge in [-0.2, -0.15) is 0 Å². The molecule has 1 aliphatic rings. The minimum Gasteiger partial charge on any atom is -0.392 e. The first-order chi connectivity index (χ1) is 8.29. The van der Waals surface area contributed by atoms with Crippen molar-refractivity contribution < 1.29 is 4.79 Å². The molecule has 3 N–H and O–H groups in total. The summed E-state index contributed by atoms with van der Waals surface area (Å²) in [6, 6.07) is 0.482. The second-order valence-electron chi connectivity index (χ2n) is 5.79. The summed E-state index contributed by atoms with van der Waals surface area (Å²) in [4.78, 5) is 14.7. The Bertz CT molecular complexity index is 324. The van der Waals surface area contributed by atoms with E-state index >= 15 is 0 Å². The standard InChI is InChI=1S/C13H25N3OS/c1-9(2)16(4)6-5-15-12(17)13(11(14)18)7-10(3)8-13/h9-10H,5-8H2,1-4H3,(H2,14,18)(H,15,17). The zero-order valence-corrected chi connectivity index (χ0v) is 12.6. The van der Waals surface area contributed by atoms with Crippen LogP contribution in [0.25, 0.3) is 0 Å². The van der Waals surface area contributed by atoms with Crippen LogP contribution in [0.2, 0.25) is 0 Å². The maximum atomic E-state index is 12.2. The van der Waals surface area contributed by atoms with Crippen molar-refractivity contribution in [2.75, 3.05) is 20.1 Å². The lowest BCUT2D eigenvalue weighted by Crippen LogP contribution is -2.56. The Balaban J connectivity index is 2.43. The molecular formula is C13H25N3OS. The fourth-order valence-corrected chi connectivity index (χ4v) is 2.66. The molecular weight excluding hydrogens is 246 g/mol. The molecule has 0 radical (unpaired) electrons. The number of nitrogens with zero attached hydrogens (tertiary/aromatic N) is 1. The second kappa shape index (κ2) is 5.97. The van der Waals surface area contributed by atoms with Gasteiger partial charge in [0.25, 0.3) is 0 Å². The molecule has 0 unspecified atom stereocenters. The van der Waals surface area contributed by atoms with E-state index in [1.54, 1.807) is 0 Å². The van der Waals surface area contributed by atoms with Gasteiger partial charge in [-0.1, -0.05) is 19.1 Å². The average molecular weight is 271 g/mol.